The molecule has 1 unspecified atom stereocenters. The van der Waals surface area contributed by atoms with E-state index >= 15 is 0 Å². The van der Waals surface area contributed by atoms with Crippen molar-refractivity contribution in [2.45, 2.75) is 39.3 Å². The summed E-state index contributed by atoms with van der Waals surface area (Å²) in [6, 6.07) is 9.22. The van der Waals surface area contributed by atoms with Crippen molar-refractivity contribution in [3.8, 4) is 0 Å². The number of nitrogens with zero attached hydrogens (tertiary/aromatic N) is 5. The number of aliphatic imine (C=N–C) groups is 1. The van der Waals surface area contributed by atoms with Crippen LogP contribution in [0.4, 0.5) is 10.7 Å². The van der Waals surface area contributed by atoms with Crippen LogP contribution in [0.15, 0.2) is 41.5 Å². The van der Waals surface area contributed by atoms with Gasteiger partial charge in [-0.2, -0.15) is 0 Å². The monoisotopic (exact) mass is 366 g/mol. The Kier molecular flexibility index (Phi) is 4.09. The van der Waals surface area contributed by atoms with E-state index in [0.29, 0.717) is 18.8 Å². The Morgan fingerprint density at radius 2 is 1.89 bits per heavy atom. The molecule has 0 saturated carbocycles. The van der Waals surface area contributed by atoms with Crippen molar-refractivity contribution in [3.63, 3.8) is 0 Å². The second-order valence-electron chi connectivity index (χ2n) is 7.38. The van der Waals surface area contributed by atoms with Crippen LogP contribution >= 0.6 is 0 Å². The maximum absolute atomic E-state index is 13.2. The van der Waals surface area contributed by atoms with Gasteiger partial charge in [-0.25, -0.2) is 13.9 Å². The van der Waals surface area contributed by atoms with E-state index in [0.717, 1.165) is 17.2 Å². The zero-order valence-corrected chi connectivity index (χ0v) is 16.1. The Morgan fingerprint density at radius 3 is 2.56 bits per heavy atom. The number of amidine groups is 1. The third-order valence-corrected chi connectivity index (χ3v) is 5.23. The van der Waals surface area contributed by atoms with Crippen molar-refractivity contribution >= 4 is 23.7 Å². The van der Waals surface area contributed by atoms with Gasteiger partial charge in [-0.1, -0.05) is 35.3 Å². The van der Waals surface area contributed by atoms with Crippen LogP contribution in [0, 0.1) is 6.92 Å². The smallest absolute Gasteiger partial charge is 0.270 e. The summed E-state index contributed by atoms with van der Waals surface area (Å²) in [6.45, 7) is 6.53. The zero-order valence-electron chi connectivity index (χ0n) is 16.1. The highest BCUT2D eigenvalue weighted by Gasteiger charge is 2.53. The number of carbonyl (C=O) groups excluding carboxylic acids is 2. The van der Waals surface area contributed by atoms with Gasteiger partial charge in [0, 0.05) is 13.6 Å². The number of imide groups is 1. The summed E-state index contributed by atoms with van der Waals surface area (Å²) in [6.07, 6.45) is 2.59. The third-order valence-electron chi connectivity index (χ3n) is 5.23. The van der Waals surface area contributed by atoms with Crippen LogP contribution in [0.5, 0.6) is 0 Å². The van der Waals surface area contributed by atoms with Gasteiger partial charge in [0.15, 0.2) is 0 Å². The first-order valence-electron chi connectivity index (χ1n) is 9.24. The van der Waals surface area contributed by atoms with Gasteiger partial charge in [-0.3, -0.25) is 14.6 Å². The summed E-state index contributed by atoms with van der Waals surface area (Å²) in [7, 11) is 1.69. The Labute approximate surface area is 158 Å². The fourth-order valence-corrected chi connectivity index (χ4v) is 3.93. The van der Waals surface area contributed by atoms with Gasteiger partial charge in [0.25, 0.3) is 5.91 Å². The predicted molar refractivity (Wildman–Crippen MR) is 101 cm³/mol. The van der Waals surface area contributed by atoms with Crippen LogP contribution in [0.2, 0.25) is 0 Å². The molecule has 3 amide bonds. The normalized spacial score (nSPS) is 18.9. The van der Waals surface area contributed by atoms with Crippen LogP contribution in [-0.2, 0) is 11.2 Å². The lowest BCUT2D eigenvalue weighted by Crippen LogP contribution is -2.63. The third kappa shape index (κ3) is 2.65. The molecule has 0 N–H and O–H groups in total. The standard InChI is InChI=1S/C20H24N5O2/c1-13(2)25-14(3)12-24-16-17(21-19(24)25)22(4)20(27)23(18(16)26)11-10-15-8-6-5-7-9-15/h5-9,12-13,16H,10-11H2,1-4H3/q+1. The average molecular weight is 366 g/mol. The second-order valence-corrected chi connectivity index (χ2v) is 7.38. The molecule has 0 radical (unpaired) electrons. The molecule has 1 aromatic carbocycles. The minimum atomic E-state index is -0.572. The Bertz CT molecular complexity index is 945. The van der Waals surface area contributed by atoms with Gasteiger partial charge in [0.2, 0.25) is 11.9 Å². The Morgan fingerprint density at radius 1 is 1.19 bits per heavy atom. The number of aryl methyl sites for hydroxylation is 1. The molecule has 1 saturated heterocycles. The van der Waals surface area contributed by atoms with E-state index in [2.05, 4.69) is 23.4 Å². The van der Waals surface area contributed by atoms with Crippen molar-refractivity contribution in [1.82, 2.24) is 14.4 Å². The number of aromatic nitrogens is 2. The highest BCUT2D eigenvalue weighted by atomic mass is 16.2. The number of carbonyl (C=O) groups is 2. The fraction of sp³-hybridized carbons (Fsp3) is 0.400. The molecule has 7 nitrogen and oxygen atoms in total. The van der Waals surface area contributed by atoms with E-state index in [9.17, 15) is 9.59 Å². The van der Waals surface area contributed by atoms with Gasteiger partial charge in [-0.05, 0) is 32.8 Å². The second kappa shape index (κ2) is 6.33. The molecule has 0 bridgehead atoms. The van der Waals surface area contributed by atoms with E-state index in [1.54, 1.807) is 7.05 Å². The first-order valence-corrected chi connectivity index (χ1v) is 9.24. The minimum Gasteiger partial charge on any atom is -0.270 e. The number of hydrogen-bond acceptors (Lipinski definition) is 3. The molecular formula is C20H24N5O2+. The quantitative estimate of drug-likeness (QED) is 0.780. The lowest BCUT2D eigenvalue weighted by molar-refractivity contribution is -0.677. The van der Waals surface area contributed by atoms with Gasteiger partial charge in [0.1, 0.15) is 11.9 Å². The van der Waals surface area contributed by atoms with E-state index in [-0.39, 0.29) is 18.0 Å². The van der Waals surface area contributed by atoms with E-state index in [1.165, 1.54) is 9.80 Å². The average Bonchev–Trinajstić information content (AvgIpc) is 3.15. The molecule has 7 heteroatoms. The van der Waals surface area contributed by atoms with Crippen molar-refractivity contribution in [2.75, 3.05) is 13.6 Å². The number of urea groups is 1. The van der Waals surface area contributed by atoms with Crippen molar-refractivity contribution in [2.24, 2.45) is 4.99 Å². The lowest BCUT2D eigenvalue weighted by atomic mass is 10.1. The molecule has 27 heavy (non-hydrogen) atoms. The topological polar surface area (TPSA) is 61.8 Å². The lowest BCUT2D eigenvalue weighted by Gasteiger charge is -2.33. The Hall–Kier alpha value is -2.96. The summed E-state index contributed by atoms with van der Waals surface area (Å²) < 4.78 is 3.98. The Balaban J connectivity index is 1.66. The largest absolute Gasteiger partial charge is 0.402 e. The SMILES string of the molecule is Cc1c[n+]2c(n1C(C)C)N=C1C2C(=O)N(CCc2ccccc2)C(=O)N1C. The number of fused-ring (bicyclic) bond motifs is 3. The number of benzene rings is 1. The molecule has 2 aromatic rings. The molecule has 0 aliphatic carbocycles. The van der Waals surface area contributed by atoms with Gasteiger partial charge < -0.3 is 0 Å². The van der Waals surface area contributed by atoms with E-state index in [4.69, 9.17) is 0 Å². The minimum absolute atomic E-state index is 0.211. The molecule has 3 heterocycles. The van der Waals surface area contributed by atoms with Crippen LogP contribution in [0.25, 0.3) is 0 Å². The first-order chi connectivity index (χ1) is 12.9. The number of amides is 3. The summed E-state index contributed by atoms with van der Waals surface area (Å²) in [5, 5.41) is 0. The number of imidazole rings is 1. The number of likely N-dealkylation sites (N-methyl/N-ethyl adjacent to an activating group) is 1. The van der Waals surface area contributed by atoms with Gasteiger partial charge in [-0.15, -0.1) is 0 Å². The number of hydrogen-bond donors (Lipinski definition) is 0. The van der Waals surface area contributed by atoms with Gasteiger partial charge in [0.05, 0.1) is 6.04 Å². The molecule has 1 atom stereocenters. The van der Waals surface area contributed by atoms with Crippen molar-refractivity contribution in [1.29, 1.82) is 0 Å². The maximum Gasteiger partial charge on any atom is 0.402 e. The highest BCUT2D eigenvalue weighted by Crippen LogP contribution is 2.30. The molecule has 1 aromatic heterocycles. The van der Waals surface area contributed by atoms with Crippen LogP contribution < -0.4 is 4.57 Å². The van der Waals surface area contributed by atoms with E-state index in [1.807, 2.05) is 48.0 Å². The number of rotatable bonds is 4. The van der Waals surface area contributed by atoms with Crippen LogP contribution in [0.3, 0.4) is 0 Å². The summed E-state index contributed by atoms with van der Waals surface area (Å²) in [5.41, 5.74) is 2.15. The summed E-state index contributed by atoms with van der Waals surface area (Å²) in [5.74, 6) is 1.02. The van der Waals surface area contributed by atoms with Crippen molar-refractivity contribution in [3.05, 3.63) is 47.8 Å². The molecule has 2 aliphatic rings. The van der Waals surface area contributed by atoms with E-state index < -0.39 is 6.04 Å². The predicted octanol–water partition coefficient (Wildman–Crippen LogP) is 2.39. The molecule has 2 aliphatic heterocycles. The summed E-state index contributed by atoms with van der Waals surface area (Å²) >= 11 is 0. The van der Waals surface area contributed by atoms with Crippen molar-refractivity contribution < 1.29 is 14.2 Å². The van der Waals surface area contributed by atoms with Crippen LogP contribution in [0.1, 0.15) is 37.2 Å². The molecule has 1 fully saturated rings. The fourth-order valence-electron chi connectivity index (χ4n) is 3.93. The summed E-state index contributed by atoms with van der Waals surface area (Å²) in [4.78, 5) is 33.5. The first kappa shape index (κ1) is 17.5. The zero-order chi connectivity index (χ0) is 19.3. The van der Waals surface area contributed by atoms with Crippen LogP contribution in [-0.4, -0.2) is 45.7 Å². The maximum atomic E-state index is 13.2. The molecular weight excluding hydrogens is 342 g/mol. The van der Waals surface area contributed by atoms with Gasteiger partial charge >= 0.3 is 12.0 Å². The molecule has 140 valence electrons. The molecule has 0 spiro atoms. The molecule has 4 rings (SSSR count). The highest BCUT2D eigenvalue weighted by molar-refractivity contribution is 6.19.